The van der Waals surface area contributed by atoms with Gasteiger partial charge in [-0.1, -0.05) is 223 Å². The van der Waals surface area contributed by atoms with Crippen LogP contribution < -0.4 is 0 Å². The molecule has 0 rings (SSSR count). The molecule has 0 bridgehead atoms. The number of unbranched alkanes of at least 4 members (excludes halogenated alkanes) is 24. The van der Waals surface area contributed by atoms with E-state index in [1.807, 2.05) is 12.2 Å². The Morgan fingerprint density at radius 1 is 0.439 bits per heavy atom. The molecular formula is C54H97O11P. The van der Waals surface area contributed by atoms with Gasteiger partial charge in [-0.2, -0.15) is 0 Å². The van der Waals surface area contributed by atoms with E-state index >= 15 is 0 Å². The Bertz CT molecular complexity index is 1300. The lowest BCUT2D eigenvalue weighted by Gasteiger charge is -2.21. The molecule has 0 aromatic carbocycles. The van der Waals surface area contributed by atoms with E-state index in [-0.39, 0.29) is 25.9 Å². The lowest BCUT2D eigenvalue weighted by atomic mass is 10.0. The van der Waals surface area contributed by atoms with Gasteiger partial charge >= 0.3 is 25.7 Å². The van der Waals surface area contributed by atoms with Crippen LogP contribution in [-0.2, 0) is 42.2 Å². The SMILES string of the molecule is CC/C=C\C/C=C\C/C=C\C/C=C\CCC(=O)OCC(COP(=O)(O)OCC(CO)OC(=O)CCCCCCCCCCCCCCC)OC(=O)CCCCCCCCCCCCCCC. The molecule has 11 nitrogen and oxygen atoms in total. The molecule has 3 unspecified atom stereocenters. The number of rotatable bonds is 49. The van der Waals surface area contributed by atoms with Gasteiger partial charge in [0.15, 0.2) is 6.10 Å². The summed E-state index contributed by atoms with van der Waals surface area (Å²) >= 11 is 0. The summed E-state index contributed by atoms with van der Waals surface area (Å²) in [5.41, 5.74) is 0. The zero-order chi connectivity index (χ0) is 48.4. The van der Waals surface area contributed by atoms with Crippen molar-refractivity contribution in [2.24, 2.45) is 0 Å². The van der Waals surface area contributed by atoms with Crippen LogP contribution in [0.1, 0.15) is 239 Å². The second-order valence-corrected chi connectivity index (χ2v) is 19.1. The number of phosphoric ester groups is 1. The van der Waals surface area contributed by atoms with E-state index in [1.165, 1.54) is 116 Å². The van der Waals surface area contributed by atoms with Gasteiger partial charge in [0.25, 0.3) is 0 Å². The number of aliphatic hydroxyl groups excluding tert-OH is 1. The number of hydrogen-bond donors (Lipinski definition) is 2. The number of aliphatic hydroxyl groups is 1. The van der Waals surface area contributed by atoms with E-state index < -0.39 is 57.8 Å². The molecule has 0 saturated heterocycles. The van der Waals surface area contributed by atoms with Gasteiger partial charge in [-0.3, -0.25) is 23.4 Å². The normalized spacial score (nSPS) is 13.8. The van der Waals surface area contributed by atoms with Crippen LogP contribution in [0.2, 0.25) is 0 Å². The molecule has 3 atom stereocenters. The molecule has 66 heavy (non-hydrogen) atoms. The zero-order valence-corrected chi connectivity index (χ0v) is 43.1. The van der Waals surface area contributed by atoms with E-state index in [1.54, 1.807) is 0 Å². The fourth-order valence-corrected chi connectivity index (χ4v) is 8.04. The van der Waals surface area contributed by atoms with Crippen molar-refractivity contribution >= 4 is 25.7 Å². The highest BCUT2D eigenvalue weighted by Gasteiger charge is 2.28. The summed E-state index contributed by atoms with van der Waals surface area (Å²) in [7, 11) is -4.75. The predicted molar refractivity (Wildman–Crippen MR) is 270 cm³/mol. The third-order valence-corrected chi connectivity index (χ3v) is 12.2. The lowest BCUT2D eigenvalue weighted by Crippen LogP contribution is -2.30. The lowest BCUT2D eigenvalue weighted by molar-refractivity contribution is -0.161. The van der Waals surface area contributed by atoms with Gasteiger partial charge in [0.1, 0.15) is 12.7 Å². The number of ether oxygens (including phenoxy) is 3. The zero-order valence-electron chi connectivity index (χ0n) is 42.2. The van der Waals surface area contributed by atoms with Crippen LogP contribution in [0.25, 0.3) is 0 Å². The smallest absolute Gasteiger partial charge is 0.462 e. The summed E-state index contributed by atoms with van der Waals surface area (Å²) in [6, 6.07) is 0. The molecular weight excluding hydrogens is 856 g/mol. The maximum atomic E-state index is 12.8. The monoisotopic (exact) mass is 953 g/mol. The van der Waals surface area contributed by atoms with Crippen molar-refractivity contribution in [3.8, 4) is 0 Å². The minimum Gasteiger partial charge on any atom is -0.462 e. The number of hydrogen-bond acceptors (Lipinski definition) is 10. The molecule has 0 aromatic rings. The van der Waals surface area contributed by atoms with Crippen molar-refractivity contribution in [1.29, 1.82) is 0 Å². The Hall–Kier alpha value is -2.56. The molecule has 2 N–H and O–H groups in total. The highest BCUT2D eigenvalue weighted by molar-refractivity contribution is 7.47. The molecule has 0 saturated carbocycles. The van der Waals surface area contributed by atoms with Crippen LogP contribution in [0, 0.1) is 0 Å². The predicted octanol–water partition coefficient (Wildman–Crippen LogP) is 15.0. The molecule has 0 amide bonds. The Kier molecular flexibility index (Phi) is 47.0. The van der Waals surface area contributed by atoms with Crippen LogP contribution >= 0.6 is 7.82 Å². The second kappa shape index (κ2) is 48.9. The third kappa shape index (κ3) is 46.5. The summed E-state index contributed by atoms with van der Waals surface area (Å²) in [5.74, 6) is -1.55. The topological polar surface area (TPSA) is 155 Å². The van der Waals surface area contributed by atoms with Gasteiger partial charge in [-0.15, -0.1) is 0 Å². The quantitative estimate of drug-likeness (QED) is 0.0197. The Morgan fingerprint density at radius 2 is 0.788 bits per heavy atom. The number of carbonyl (C=O) groups excluding carboxylic acids is 3. The van der Waals surface area contributed by atoms with Crippen molar-refractivity contribution in [1.82, 2.24) is 0 Å². The highest BCUT2D eigenvalue weighted by Crippen LogP contribution is 2.43. The number of carbonyl (C=O) groups is 3. The van der Waals surface area contributed by atoms with Crippen LogP contribution in [0.3, 0.4) is 0 Å². The average Bonchev–Trinajstić information content (AvgIpc) is 3.30. The summed E-state index contributed by atoms with van der Waals surface area (Å²) in [4.78, 5) is 48.3. The first-order valence-electron chi connectivity index (χ1n) is 26.5. The summed E-state index contributed by atoms with van der Waals surface area (Å²) < 4.78 is 39.3. The van der Waals surface area contributed by atoms with Crippen molar-refractivity contribution in [2.75, 3.05) is 26.4 Å². The number of esters is 3. The molecule has 0 spiro atoms. The molecule has 0 aliphatic carbocycles. The van der Waals surface area contributed by atoms with E-state index in [0.29, 0.717) is 19.3 Å². The molecule has 0 heterocycles. The largest absolute Gasteiger partial charge is 0.472 e. The van der Waals surface area contributed by atoms with Crippen molar-refractivity contribution < 1.29 is 52.2 Å². The summed E-state index contributed by atoms with van der Waals surface area (Å²) in [6.07, 6.45) is 49.5. The van der Waals surface area contributed by atoms with Gasteiger partial charge < -0.3 is 24.2 Å². The minimum absolute atomic E-state index is 0.108. The van der Waals surface area contributed by atoms with Crippen molar-refractivity contribution in [3.05, 3.63) is 48.6 Å². The average molecular weight is 953 g/mol. The van der Waals surface area contributed by atoms with Crippen LogP contribution in [0.15, 0.2) is 48.6 Å². The maximum Gasteiger partial charge on any atom is 0.472 e. The van der Waals surface area contributed by atoms with Crippen LogP contribution in [0.5, 0.6) is 0 Å². The molecule has 0 aromatic heterocycles. The van der Waals surface area contributed by atoms with E-state index in [2.05, 4.69) is 57.2 Å². The Labute approximate surface area is 403 Å². The fraction of sp³-hybridized carbons (Fsp3) is 0.796. The first kappa shape index (κ1) is 63.4. The maximum absolute atomic E-state index is 12.8. The van der Waals surface area contributed by atoms with E-state index in [4.69, 9.17) is 23.3 Å². The Balaban J connectivity index is 4.78. The molecule has 0 radical (unpaired) electrons. The Morgan fingerprint density at radius 3 is 1.18 bits per heavy atom. The van der Waals surface area contributed by atoms with Crippen molar-refractivity contribution in [3.63, 3.8) is 0 Å². The molecule has 384 valence electrons. The van der Waals surface area contributed by atoms with E-state index in [9.17, 15) is 28.9 Å². The molecule has 0 aliphatic rings. The fourth-order valence-electron chi connectivity index (χ4n) is 7.25. The highest BCUT2D eigenvalue weighted by atomic mass is 31.2. The minimum atomic E-state index is -4.75. The van der Waals surface area contributed by atoms with Gasteiger partial charge in [0.05, 0.1) is 19.8 Å². The van der Waals surface area contributed by atoms with Gasteiger partial charge in [-0.25, -0.2) is 4.57 Å². The molecule has 0 aliphatic heterocycles. The first-order valence-corrected chi connectivity index (χ1v) is 28.0. The van der Waals surface area contributed by atoms with Crippen LogP contribution in [-0.4, -0.2) is 66.5 Å². The number of allylic oxidation sites excluding steroid dienone is 8. The van der Waals surface area contributed by atoms with Gasteiger partial charge in [0, 0.05) is 19.3 Å². The second-order valence-electron chi connectivity index (χ2n) is 17.7. The standard InChI is InChI=1S/C54H97O11P/c1-4-7-10-13-16-19-22-25-28-31-34-37-40-43-52(56)61-47-51(65-54(58)45-42-39-36-33-30-27-24-21-18-15-12-9-6-3)49-63-66(59,60)62-48-50(46-55)64-53(57)44-41-38-35-32-29-26-23-20-17-14-11-8-5-2/h7,10,16,19,25,28,34,37,50-51,55H,4-6,8-9,11-15,17-18,20-24,26-27,29-33,35-36,38-49H2,1-3H3,(H,59,60)/b10-7-,19-16-,28-25-,37-34-. The van der Waals surface area contributed by atoms with E-state index in [0.717, 1.165) is 64.2 Å². The van der Waals surface area contributed by atoms with Crippen LogP contribution in [0.4, 0.5) is 0 Å². The first-order chi connectivity index (χ1) is 32.2. The molecule has 12 heteroatoms. The number of phosphoric acid groups is 1. The van der Waals surface area contributed by atoms with Gasteiger partial charge in [-0.05, 0) is 44.9 Å². The summed E-state index contributed by atoms with van der Waals surface area (Å²) in [5, 5.41) is 9.77. The van der Waals surface area contributed by atoms with Gasteiger partial charge in [0.2, 0.25) is 0 Å². The van der Waals surface area contributed by atoms with Crippen molar-refractivity contribution in [2.45, 2.75) is 251 Å². The third-order valence-electron chi connectivity index (χ3n) is 11.3. The summed E-state index contributed by atoms with van der Waals surface area (Å²) in [6.45, 7) is 4.45. The molecule has 0 fully saturated rings.